The van der Waals surface area contributed by atoms with Gasteiger partial charge in [0.05, 0.1) is 23.3 Å². The van der Waals surface area contributed by atoms with Gasteiger partial charge >= 0.3 is 0 Å². The maximum absolute atomic E-state index is 9.30. The number of hydrogen-bond acceptors (Lipinski definition) is 3. The number of benzene rings is 2. The lowest BCUT2D eigenvalue weighted by Gasteiger charge is -2.13. The predicted octanol–water partition coefficient (Wildman–Crippen LogP) is 3.80. The van der Waals surface area contributed by atoms with E-state index in [9.17, 15) is 5.11 Å². The minimum atomic E-state index is -0.160. The van der Waals surface area contributed by atoms with Crippen LogP contribution in [0.2, 0.25) is 5.02 Å². The first-order valence-electron chi connectivity index (χ1n) is 5.72. The largest absolute Gasteiger partial charge is 0.455 e. The topological polar surface area (TPSA) is 53.2 Å². The van der Waals surface area contributed by atoms with Crippen LogP contribution in [0.4, 0.5) is 0 Å². The minimum Gasteiger partial charge on any atom is -0.455 e. The van der Waals surface area contributed by atoms with Gasteiger partial charge < -0.3 is 9.84 Å². The third kappa shape index (κ3) is 2.87. The molecule has 0 aliphatic carbocycles. The fourth-order valence-corrected chi connectivity index (χ4v) is 1.91. The van der Waals surface area contributed by atoms with Gasteiger partial charge in [0.1, 0.15) is 5.75 Å². The first-order valence-corrected chi connectivity index (χ1v) is 6.10. The standard InChI is InChI=1S/C15H12ClNO2/c1-10-5-6-11(8-17)7-14(10)19-15-12(9-18)3-2-4-13(15)16/h2-7,18H,9H2,1H3. The van der Waals surface area contributed by atoms with Crippen molar-refractivity contribution in [2.45, 2.75) is 13.5 Å². The van der Waals surface area contributed by atoms with Gasteiger partial charge in [-0.3, -0.25) is 0 Å². The van der Waals surface area contributed by atoms with Gasteiger partial charge in [0.2, 0.25) is 0 Å². The van der Waals surface area contributed by atoms with Crippen molar-refractivity contribution in [3.05, 3.63) is 58.1 Å². The minimum absolute atomic E-state index is 0.160. The van der Waals surface area contributed by atoms with Gasteiger partial charge in [0, 0.05) is 5.56 Å². The summed E-state index contributed by atoms with van der Waals surface area (Å²) in [5, 5.41) is 18.6. The summed E-state index contributed by atoms with van der Waals surface area (Å²) in [6, 6.07) is 12.4. The van der Waals surface area contributed by atoms with E-state index in [1.807, 2.05) is 13.0 Å². The Labute approximate surface area is 116 Å². The van der Waals surface area contributed by atoms with Crippen molar-refractivity contribution >= 4 is 11.6 Å². The van der Waals surface area contributed by atoms with E-state index >= 15 is 0 Å². The second-order valence-corrected chi connectivity index (χ2v) is 4.49. The van der Waals surface area contributed by atoms with Gasteiger partial charge in [-0.05, 0) is 30.7 Å². The highest BCUT2D eigenvalue weighted by molar-refractivity contribution is 6.32. The smallest absolute Gasteiger partial charge is 0.151 e. The fourth-order valence-electron chi connectivity index (χ4n) is 1.68. The Balaban J connectivity index is 2.44. The van der Waals surface area contributed by atoms with Crippen molar-refractivity contribution < 1.29 is 9.84 Å². The molecule has 19 heavy (non-hydrogen) atoms. The Morgan fingerprint density at radius 1 is 1.32 bits per heavy atom. The number of aliphatic hydroxyl groups is 1. The maximum Gasteiger partial charge on any atom is 0.151 e. The summed E-state index contributed by atoms with van der Waals surface area (Å²) in [5.41, 5.74) is 2.01. The van der Waals surface area contributed by atoms with Crippen LogP contribution in [-0.2, 0) is 6.61 Å². The Morgan fingerprint density at radius 2 is 2.11 bits per heavy atom. The summed E-state index contributed by atoms with van der Waals surface area (Å²) in [4.78, 5) is 0. The maximum atomic E-state index is 9.30. The van der Waals surface area contributed by atoms with E-state index in [4.69, 9.17) is 21.6 Å². The molecule has 4 heteroatoms. The lowest BCUT2D eigenvalue weighted by molar-refractivity contribution is 0.276. The third-order valence-electron chi connectivity index (χ3n) is 2.75. The molecular formula is C15H12ClNO2. The molecule has 0 radical (unpaired) electrons. The lowest BCUT2D eigenvalue weighted by Crippen LogP contribution is -1.94. The average molecular weight is 274 g/mol. The number of rotatable bonds is 3. The van der Waals surface area contributed by atoms with Crippen LogP contribution in [-0.4, -0.2) is 5.11 Å². The van der Waals surface area contributed by atoms with Crippen LogP contribution in [0.25, 0.3) is 0 Å². The Bertz CT molecular complexity index is 647. The number of para-hydroxylation sites is 1. The summed E-state index contributed by atoms with van der Waals surface area (Å²) in [6.07, 6.45) is 0. The van der Waals surface area contributed by atoms with Crippen LogP contribution in [0, 0.1) is 18.3 Å². The van der Waals surface area contributed by atoms with E-state index in [0.29, 0.717) is 27.6 Å². The molecule has 0 aromatic heterocycles. The second-order valence-electron chi connectivity index (χ2n) is 4.08. The first kappa shape index (κ1) is 13.4. The zero-order valence-corrected chi connectivity index (χ0v) is 11.1. The van der Waals surface area contributed by atoms with Gasteiger partial charge in [0.25, 0.3) is 0 Å². The number of nitrogens with zero attached hydrogens (tertiary/aromatic N) is 1. The number of ether oxygens (including phenoxy) is 1. The molecule has 3 nitrogen and oxygen atoms in total. The van der Waals surface area contributed by atoms with Crippen LogP contribution >= 0.6 is 11.6 Å². The van der Waals surface area contributed by atoms with Gasteiger partial charge in [0.15, 0.2) is 5.75 Å². The molecule has 0 saturated heterocycles. The highest BCUT2D eigenvalue weighted by atomic mass is 35.5. The molecule has 0 spiro atoms. The van der Waals surface area contributed by atoms with Gasteiger partial charge in [-0.2, -0.15) is 5.26 Å². The molecule has 2 aromatic rings. The quantitative estimate of drug-likeness (QED) is 0.925. The number of hydrogen-bond donors (Lipinski definition) is 1. The van der Waals surface area contributed by atoms with Crippen molar-refractivity contribution in [2.75, 3.05) is 0 Å². The van der Waals surface area contributed by atoms with E-state index in [0.717, 1.165) is 5.56 Å². The number of nitriles is 1. The SMILES string of the molecule is Cc1ccc(C#N)cc1Oc1c(Cl)cccc1CO. The van der Waals surface area contributed by atoms with Crippen LogP contribution in [0.3, 0.4) is 0 Å². The Hall–Kier alpha value is -2.02. The zero-order valence-electron chi connectivity index (χ0n) is 10.4. The number of aliphatic hydroxyl groups excluding tert-OH is 1. The van der Waals surface area contributed by atoms with E-state index in [1.54, 1.807) is 30.3 Å². The molecule has 0 amide bonds. The van der Waals surface area contributed by atoms with E-state index < -0.39 is 0 Å². The Morgan fingerprint density at radius 3 is 2.79 bits per heavy atom. The van der Waals surface area contributed by atoms with Crippen LogP contribution in [0.1, 0.15) is 16.7 Å². The lowest BCUT2D eigenvalue weighted by atomic mass is 10.1. The van der Waals surface area contributed by atoms with E-state index in [2.05, 4.69) is 6.07 Å². The molecular weight excluding hydrogens is 262 g/mol. The second kappa shape index (κ2) is 5.75. The molecule has 0 fully saturated rings. The van der Waals surface area contributed by atoms with Crippen molar-refractivity contribution in [3.8, 4) is 17.6 Å². The molecule has 0 aliphatic rings. The summed E-state index contributed by atoms with van der Waals surface area (Å²) in [5.74, 6) is 0.978. The van der Waals surface area contributed by atoms with Crippen LogP contribution < -0.4 is 4.74 Å². The Kier molecular flexibility index (Phi) is 4.06. The molecule has 2 rings (SSSR count). The average Bonchev–Trinajstić information content (AvgIpc) is 2.43. The molecule has 0 atom stereocenters. The summed E-state index contributed by atoms with van der Waals surface area (Å²) in [6.45, 7) is 1.72. The van der Waals surface area contributed by atoms with Crippen molar-refractivity contribution in [2.24, 2.45) is 0 Å². The normalized spacial score (nSPS) is 10.0. The highest BCUT2D eigenvalue weighted by Gasteiger charge is 2.11. The van der Waals surface area contributed by atoms with Gasteiger partial charge in [-0.1, -0.05) is 29.8 Å². The predicted molar refractivity (Wildman–Crippen MR) is 73.3 cm³/mol. The van der Waals surface area contributed by atoms with Crippen molar-refractivity contribution in [1.82, 2.24) is 0 Å². The molecule has 1 N–H and O–H groups in total. The number of halogens is 1. The molecule has 96 valence electrons. The summed E-state index contributed by atoms with van der Waals surface area (Å²) in [7, 11) is 0. The van der Waals surface area contributed by atoms with Gasteiger partial charge in [-0.15, -0.1) is 0 Å². The zero-order chi connectivity index (χ0) is 13.8. The monoisotopic (exact) mass is 273 g/mol. The molecule has 0 saturated carbocycles. The van der Waals surface area contributed by atoms with Gasteiger partial charge in [-0.25, -0.2) is 0 Å². The highest BCUT2D eigenvalue weighted by Crippen LogP contribution is 2.34. The van der Waals surface area contributed by atoms with Crippen molar-refractivity contribution in [1.29, 1.82) is 5.26 Å². The van der Waals surface area contributed by atoms with E-state index in [1.165, 1.54) is 0 Å². The van der Waals surface area contributed by atoms with Crippen LogP contribution in [0.15, 0.2) is 36.4 Å². The molecule has 0 heterocycles. The summed E-state index contributed by atoms with van der Waals surface area (Å²) < 4.78 is 5.76. The molecule has 0 aliphatic heterocycles. The summed E-state index contributed by atoms with van der Waals surface area (Å²) >= 11 is 6.08. The first-order chi connectivity index (χ1) is 9.15. The molecule has 0 unspecified atom stereocenters. The van der Waals surface area contributed by atoms with E-state index in [-0.39, 0.29) is 6.61 Å². The third-order valence-corrected chi connectivity index (χ3v) is 3.05. The fraction of sp³-hybridized carbons (Fsp3) is 0.133. The molecule has 0 bridgehead atoms. The van der Waals surface area contributed by atoms with Crippen LogP contribution in [0.5, 0.6) is 11.5 Å². The van der Waals surface area contributed by atoms with Crippen molar-refractivity contribution in [3.63, 3.8) is 0 Å². The molecule has 2 aromatic carbocycles. The number of aryl methyl sites for hydroxylation is 1.